The molecule has 0 atom stereocenters. The summed E-state index contributed by atoms with van der Waals surface area (Å²) in [6.07, 6.45) is 2.53. The van der Waals surface area contributed by atoms with Gasteiger partial charge in [-0.3, -0.25) is 9.69 Å². The first kappa shape index (κ1) is 18.2. The minimum atomic E-state index is -0.171. The normalized spacial score (nSPS) is 13.8. The Morgan fingerprint density at radius 1 is 1.35 bits per heavy atom. The summed E-state index contributed by atoms with van der Waals surface area (Å²) in [6, 6.07) is 3.24. The topological polar surface area (TPSA) is 103 Å². The minimum absolute atomic E-state index is 0.171. The van der Waals surface area contributed by atoms with Crippen LogP contribution < -0.4 is 20.5 Å². The van der Waals surface area contributed by atoms with Gasteiger partial charge in [-0.05, 0) is 18.1 Å². The van der Waals surface area contributed by atoms with Gasteiger partial charge in [0.05, 0.1) is 37.2 Å². The number of hydrogen-bond acceptors (Lipinski definition) is 7. The number of methoxy groups -OCH3 is 2. The Kier molecular flexibility index (Phi) is 5.43. The van der Waals surface area contributed by atoms with Crippen molar-refractivity contribution in [1.82, 2.24) is 14.9 Å². The van der Waals surface area contributed by atoms with Crippen molar-refractivity contribution >= 4 is 29.1 Å². The van der Waals surface area contributed by atoms with Crippen LogP contribution in [0.3, 0.4) is 0 Å². The number of fused-ring (bicyclic) bond motifs is 1. The molecule has 9 heteroatoms. The van der Waals surface area contributed by atoms with E-state index in [1.54, 1.807) is 18.3 Å². The molecule has 0 fully saturated rings. The van der Waals surface area contributed by atoms with Crippen LogP contribution in [0.25, 0.3) is 0 Å². The first-order valence-electron chi connectivity index (χ1n) is 8.04. The highest BCUT2D eigenvalue weighted by Crippen LogP contribution is 2.35. The summed E-state index contributed by atoms with van der Waals surface area (Å²) in [6.45, 7) is 1.51. The van der Waals surface area contributed by atoms with Crippen molar-refractivity contribution in [2.45, 2.75) is 13.0 Å². The van der Waals surface area contributed by atoms with E-state index in [1.807, 2.05) is 4.90 Å². The van der Waals surface area contributed by atoms with Gasteiger partial charge in [-0.15, -0.1) is 0 Å². The molecule has 26 heavy (non-hydrogen) atoms. The minimum Gasteiger partial charge on any atom is -0.495 e. The van der Waals surface area contributed by atoms with E-state index in [0.29, 0.717) is 28.8 Å². The molecule has 1 aliphatic rings. The van der Waals surface area contributed by atoms with E-state index in [4.69, 9.17) is 26.8 Å². The Hall–Kier alpha value is -2.58. The number of ether oxygens (including phenoxy) is 2. The van der Waals surface area contributed by atoms with E-state index in [9.17, 15) is 4.79 Å². The van der Waals surface area contributed by atoms with E-state index >= 15 is 0 Å². The highest BCUT2D eigenvalue weighted by molar-refractivity contribution is 6.32. The Morgan fingerprint density at radius 2 is 2.12 bits per heavy atom. The molecule has 1 amide bonds. The van der Waals surface area contributed by atoms with E-state index in [0.717, 1.165) is 24.2 Å². The molecule has 0 unspecified atom stereocenters. The fourth-order valence-electron chi connectivity index (χ4n) is 2.86. The molecular formula is C17H20ClN5O3. The van der Waals surface area contributed by atoms with Crippen LogP contribution in [0.2, 0.25) is 5.02 Å². The summed E-state index contributed by atoms with van der Waals surface area (Å²) < 4.78 is 10.5. The van der Waals surface area contributed by atoms with Gasteiger partial charge in [-0.1, -0.05) is 11.6 Å². The average Bonchev–Trinajstić information content (AvgIpc) is 2.61. The SMILES string of the molecule is COc1cc(OC)c(NC(=O)CN2CCc3cnc(N)nc3C2)cc1Cl. The second-order valence-corrected chi connectivity index (χ2v) is 6.30. The quantitative estimate of drug-likeness (QED) is 0.817. The molecule has 1 aromatic carbocycles. The fourth-order valence-corrected chi connectivity index (χ4v) is 3.10. The van der Waals surface area contributed by atoms with Gasteiger partial charge in [-0.25, -0.2) is 9.97 Å². The van der Waals surface area contributed by atoms with Crippen LogP contribution in [-0.2, 0) is 17.8 Å². The van der Waals surface area contributed by atoms with E-state index < -0.39 is 0 Å². The number of carbonyl (C=O) groups is 1. The number of aromatic nitrogens is 2. The van der Waals surface area contributed by atoms with Crippen LogP contribution >= 0.6 is 11.6 Å². The first-order chi connectivity index (χ1) is 12.5. The smallest absolute Gasteiger partial charge is 0.238 e. The van der Waals surface area contributed by atoms with Gasteiger partial charge in [-0.2, -0.15) is 0 Å². The maximum Gasteiger partial charge on any atom is 0.238 e. The molecule has 0 aliphatic carbocycles. The second-order valence-electron chi connectivity index (χ2n) is 5.90. The lowest BCUT2D eigenvalue weighted by molar-refractivity contribution is -0.117. The van der Waals surface area contributed by atoms with Crippen molar-refractivity contribution in [2.75, 3.05) is 38.4 Å². The summed E-state index contributed by atoms with van der Waals surface area (Å²) in [7, 11) is 3.04. The number of rotatable bonds is 5. The first-order valence-corrected chi connectivity index (χ1v) is 8.42. The molecule has 138 valence electrons. The number of anilines is 2. The molecule has 0 saturated heterocycles. The number of amides is 1. The predicted molar refractivity (Wildman–Crippen MR) is 98.6 cm³/mol. The van der Waals surface area contributed by atoms with Crippen LogP contribution in [0.5, 0.6) is 11.5 Å². The van der Waals surface area contributed by atoms with Gasteiger partial charge in [0, 0.05) is 25.4 Å². The second kappa shape index (κ2) is 7.76. The lowest BCUT2D eigenvalue weighted by atomic mass is 10.1. The van der Waals surface area contributed by atoms with Crippen LogP contribution in [0.15, 0.2) is 18.3 Å². The van der Waals surface area contributed by atoms with Crippen molar-refractivity contribution in [3.8, 4) is 11.5 Å². The molecule has 8 nitrogen and oxygen atoms in total. The Bertz CT molecular complexity index is 830. The summed E-state index contributed by atoms with van der Waals surface area (Å²) in [5.41, 5.74) is 8.07. The largest absolute Gasteiger partial charge is 0.495 e. The number of halogens is 1. The third-order valence-corrected chi connectivity index (χ3v) is 4.45. The average molecular weight is 378 g/mol. The number of hydrogen-bond donors (Lipinski definition) is 2. The molecule has 0 spiro atoms. The van der Waals surface area contributed by atoms with Gasteiger partial charge in [0.1, 0.15) is 11.5 Å². The number of nitrogens with one attached hydrogen (secondary N) is 1. The third kappa shape index (κ3) is 3.97. The maximum atomic E-state index is 12.5. The number of nitrogens with zero attached hydrogens (tertiary/aromatic N) is 3. The van der Waals surface area contributed by atoms with Crippen LogP contribution in [0.4, 0.5) is 11.6 Å². The molecule has 0 saturated carbocycles. The van der Waals surface area contributed by atoms with E-state index in [-0.39, 0.29) is 18.4 Å². The molecule has 0 bridgehead atoms. The Balaban J connectivity index is 1.67. The van der Waals surface area contributed by atoms with Crippen molar-refractivity contribution in [3.63, 3.8) is 0 Å². The number of benzene rings is 1. The van der Waals surface area contributed by atoms with Gasteiger partial charge < -0.3 is 20.5 Å². The standard InChI is InChI=1S/C17H20ClN5O3/c1-25-14-6-15(26-2)12(5-11(14)18)21-16(24)9-23-4-3-10-7-20-17(19)22-13(10)8-23/h5-7H,3-4,8-9H2,1-2H3,(H,21,24)(H2,19,20,22). The summed E-state index contributed by atoms with van der Waals surface area (Å²) in [5.74, 6) is 1.03. The van der Waals surface area contributed by atoms with Crippen LogP contribution in [0.1, 0.15) is 11.3 Å². The predicted octanol–water partition coefficient (Wildman–Crippen LogP) is 1.73. The highest BCUT2D eigenvalue weighted by atomic mass is 35.5. The number of nitrogen functional groups attached to an aromatic ring is 1. The van der Waals surface area contributed by atoms with Crippen molar-refractivity contribution in [3.05, 3.63) is 34.6 Å². The summed E-state index contributed by atoms with van der Waals surface area (Å²) in [4.78, 5) is 22.7. The molecule has 2 aromatic rings. The fraction of sp³-hybridized carbons (Fsp3) is 0.353. The van der Waals surface area contributed by atoms with Gasteiger partial charge in [0.25, 0.3) is 0 Å². The lowest BCUT2D eigenvalue weighted by Crippen LogP contribution is -2.37. The van der Waals surface area contributed by atoms with E-state index in [2.05, 4.69) is 15.3 Å². The van der Waals surface area contributed by atoms with Gasteiger partial charge in [0.15, 0.2) is 0 Å². The van der Waals surface area contributed by atoms with Crippen molar-refractivity contribution in [1.29, 1.82) is 0 Å². The number of carbonyl (C=O) groups excluding carboxylic acids is 1. The molecule has 3 N–H and O–H groups in total. The Morgan fingerprint density at radius 3 is 2.85 bits per heavy atom. The molecule has 2 heterocycles. The zero-order valence-electron chi connectivity index (χ0n) is 14.6. The van der Waals surface area contributed by atoms with Crippen molar-refractivity contribution < 1.29 is 14.3 Å². The third-order valence-electron chi connectivity index (χ3n) is 4.16. The summed E-state index contributed by atoms with van der Waals surface area (Å²) in [5, 5.41) is 3.22. The molecule has 1 aliphatic heterocycles. The van der Waals surface area contributed by atoms with Gasteiger partial charge in [0.2, 0.25) is 11.9 Å². The lowest BCUT2D eigenvalue weighted by Gasteiger charge is -2.27. The molecule has 0 radical (unpaired) electrons. The van der Waals surface area contributed by atoms with Crippen LogP contribution in [-0.4, -0.2) is 48.1 Å². The monoisotopic (exact) mass is 377 g/mol. The van der Waals surface area contributed by atoms with Gasteiger partial charge >= 0.3 is 0 Å². The Labute approximate surface area is 156 Å². The zero-order valence-corrected chi connectivity index (χ0v) is 15.3. The maximum absolute atomic E-state index is 12.5. The molecule has 1 aromatic heterocycles. The van der Waals surface area contributed by atoms with Crippen molar-refractivity contribution in [2.24, 2.45) is 0 Å². The molecule has 3 rings (SSSR count). The summed E-state index contributed by atoms with van der Waals surface area (Å²) >= 11 is 6.14. The number of nitrogens with two attached hydrogens (primary N) is 1. The molecular weight excluding hydrogens is 358 g/mol. The van der Waals surface area contributed by atoms with E-state index in [1.165, 1.54) is 14.2 Å². The van der Waals surface area contributed by atoms with Crippen LogP contribution in [0, 0.1) is 0 Å². The highest BCUT2D eigenvalue weighted by Gasteiger charge is 2.21. The zero-order chi connectivity index (χ0) is 18.7.